The minimum atomic E-state index is -0.449. The standard InChI is InChI=1S/C30H25N3O4S2/c1-18-6-11-21(12-7-18)33-29(35)26(32-23-17-19(2)8-15-24(23)37-3)27(30(33)36)39-22-13-9-20(10-14-22)31-28(34)25-5-4-16-38-25/h4-17,32H,1-3H3,(H,31,34). The zero-order valence-corrected chi connectivity index (χ0v) is 23.1. The molecule has 1 aliphatic heterocycles. The van der Waals surface area contributed by atoms with Crippen LogP contribution in [0.3, 0.4) is 0 Å². The largest absolute Gasteiger partial charge is 0.495 e. The number of amides is 3. The van der Waals surface area contributed by atoms with Crippen LogP contribution in [-0.4, -0.2) is 24.8 Å². The molecular formula is C30H25N3O4S2. The van der Waals surface area contributed by atoms with Gasteiger partial charge in [-0.3, -0.25) is 14.4 Å². The molecule has 0 aliphatic carbocycles. The number of carbonyl (C=O) groups excluding carboxylic acids is 3. The van der Waals surface area contributed by atoms with Crippen LogP contribution < -0.4 is 20.3 Å². The highest BCUT2D eigenvalue weighted by molar-refractivity contribution is 8.04. The van der Waals surface area contributed by atoms with Gasteiger partial charge in [-0.1, -0.05) is 41.6 Å². The van der Waals surface area contributed by atoms with Crippen LogP contribution in [0.1, 0.15) is 20.8 Å². The third kappa shape index (κ3) is 5.59. The summed E-state index contributed by atoms with van der Waals surface area (Å²) in [6, 6.07) is 23.6. The number of imide groups is 1. The van der Waals surface area contributed by atoms with E-state index in [4.69, 9.17) is 4.74 Å². The number of carbonyl (C=O) groups is 3. The highest BCUT2D eigenvalue weighted by Crippen LogP contribution is 2.39. The number of nitrogens with zero attached hydrogens (tertiary/aromatic N) is 1. The summed E-state index contributed by atoms with van der Waals surface area (Å²) in [4.78, 5) is 42.5. The summed E-state index contributed by atoms with van der Waals surface area (Å²) in [5.74, 6) is -0.498. The first-order valence-corrected chi connectivity index (χ1v) is 13.8. The summed E-state index contributed by atoms with van der Waals surface area (Å²) < 4.78 is 5.49. The van der Waals surface area contributed by atoms with E-state index in [2.05, 4.69) is 10.6 Å². The number of thioether (sulfide) groups is 1. The van der Waals surface area contributed by atoms with E-state index in [1.807, 2.05) is 55.6 Å². The topological polar surface area (TPSA) is 87.7 Å². The molecule has 0 fully saturated rings. The Bertz CT molecular complexity index is 1580. The molecule has 0 atom stereocenters. The van der Waals surface area contributed by atoms with Gasteiger partial charge in [0.25, 0.3) is 17.7 Å². The van der Waals surface area contributed by atoms with Gasteiger partial charge in [0.1, 0.15) is 16.4 Å². The van der Waals surface area contributed by atoms with Crippen LogP contribution in [0.15, 0.2) is 99.7 Å². The molecule has 1 aliphatic rings. The lowest BCUT2D eigenvalue weighted by molar-refractivity contribution is -0.120. The lowest BCUT2D eigenvalue weighted by atomic mass is 10.2. The van der Waals surface area contributed by atoms with Crippen LogP contribution >= 0.6 is 23.1 Å². The van der Waals surface area contributed by atoms with Crippen molar-refractivity contribution in [1.82, 2.24) is 0 Å². The van der Waals surface area contributed by atoms with Crippen molar-refractivity contribution >= 4 is 57.9 Å². The molecule has 3 aromatic carbocycles. The molecule has 0 saturated heterocycles. The molecule has 7 nitrogen and oxygen atoms in total. The predicted molar refractivity (Wildman–Crippen MR) is 157 cm³/mol. The van der Waals surface area contributed by atoms with Gasteiger partial charge >= 0.3 is 0 Å². The molecule has 1 aromatic heterocycles. The maximum atomic E-state index is 13.7. The molecule has 0 bridgehead atoms. The zero-order valence-electron chi connectivity index (χ0n) is 21.5. The van der Waals surface area contributed by atoms with Gasteiger partial charge in [0.2, 0.25) is 0 Å². The zero-order chi connectivity index (χ0) is 27.5. The van der Waals surface area contributed by atoms with E-state index < -0.39 is 11.8 Å². The summed E-state index contributed by atoms with van der Waals surface area (Å²) in [6.07, 6.45) is 0. The van der Waals surface area contributed by atoms with E-state index in [0.717, 1.165) is 16.0 Å². The third-order valence-corrected chi connectivity index (χ3v) is 7.98. The Morgan fingerprint density at radius 1 is 0.897 bits per heavy atom. The fourth-order valence-corrected chi connectivity index (χ4v) is 5.57. The fraction of sp³-hybridized carbons (Fsp3) is 0.100. The van der Waals surface area contributed by atoms with Crippen LogP contribution in [0.5, 0.6) is 5.75 Å². The van der Waals surface area contributed by atoms with E-state index >= 15 is 0 Å². The average Bonchev–Trinajstić information content (AvgIpc) is 3.55. The number of anilines is 3. The maximum Gasteiger partial charge on any atom is 0.283 e. The van der Waals surface area contributed by atoms with Crippen molar-refractivity contribution in [2.75, 3.05) is 22.6 Å². The number of nitrogens with one attached hydrogen (secondary N) is 2. The van der Waals surface area contributed by atoms with Gasteiger partial charge < -0.3 is 15.4 Å². The van der Waals surface area contributed by atoms with Crippen molar-refractivity contribution in [1.29, 1.82) is 0 Å². The normalized spacial score (nSPS) is 13.2. The summed E-state index contributed by atoms with van der Waals surface area (Å²) in [5, 5.41) is 7.90. The highest BCUT2D eigenvalue weighted by atomic mass is 32.2. The third-order valence-electron chi connectivity index (χ3n) is 6.03. The minimum absolute atomic E-state index is 0.171. The lowest BCUT2D eigenvalue weighted by Crippen LogP contribution is -2.32. The number of thiophene rings is 1. The maximum absolute atomic E-state index is 13.7. The van der Waals surface area contributed by atoms with Crippen LogP contribution in [0.2, 0.25) is 0 Å². The first kappa shape index (κ1) is 26.3. The van der Waals surface area contributed by atoms with Crippen molar-refractivity contribution in [2.45, 2.75) is 18.7 Å². The SMILES string of the molecule is COc1ccc(C)cc1NC1=C(Sc2ccc(NC(=O)c3cccs3)cc2)C(=O)N(c2ccc(C)cc2)C1=O. The Morgan fingerprint density at radius 2 is 1.62 bits per heavy atom. The molecule has 3 amide bonds. The van der Waals surface area contributed by atoms with Crippen LogP contribution in [0, 0.1) is 13.8 Å². The molecule has 0 spiro atoms. The fourth-order valence-electron chi connectivity index (χ4n) is 4.02. The molecular weight excluding hydrogens is 530 g/mol. The Morgan fingerprint density at radius 3 is 2.28 bits per heavy atom. The van der Waals surface area contributed by atoms with Gasteiger partial charge in [0.15, 0.2) is 0 Å². The van der Waals surface area contributed by atoms with E-state index in [1.165, 1.54) is 28.0 Å². The van der Waals surface area contributed by atoms with Gasteiger partial charge in [-0.05, 0) is 79.4 Å². The van der Waals surface area contributed by atoms with E-state index in [-0.39, 0.29) is 16.5 Å². The van der Waals surface area contributed by atoms with Crippen molar-refractivity contribution in [2.24, 2.45) is 0 Å². The number of methoxy groups -OCH3 is 1. The van der Waals surface area contributed by atoms with Gasteiger partial charge in [-0.15, -0.1) is 11.3 Å². The van der Waals surface area contributed by atoms with Gasteiger partial charge in [0, 0.05) is 10.6 Å². The number of aryl methyl sites for hydroxylation is 2. The number of ether oxygens (including phenoxy) is 1. The molecule has 0 unspecified atom stereocenters. The summed E-state index contributed by atoms with van der Waals surface area (Å²) in [7, 11) is 1.55. The number of hydrogen-bond donors (Lipinski definition) is 2. The molecule has 4 aromatic rings. The second-order valence-electron chi connectivity index (χ2n) is 8.87. The van der Waals surface area contributed by atoms with Crippen LogP contribution in [0.4, 0.5) is 17.1 Å². The van der Waals surface area contributed by atoms with Crippen LogP contribution in [0.25, 0.3) is 0 Å². The smallest absolute Gasteiger partial charge is 0.283 e. The van der Waals surface area contributed by atoms with Gasteiger partial charge in [-0.2, -0.15) is 0 Å². The number of rotatable bonds is 8. The highest BCUT2D eigenvalue weighted by Gasteiger charge is 2.40. The Kier molecular flexibility index (Phi) is 7.53. The molecule has 9 heteroatoms. The number of benzene rings is 3. The Hall–Kier alpha value is -4.34. The molecule has 39 heavy (non-hydrogen) atoms. The number of hydrogen-bond acceptors (Lipinski definition) is 7. The average molecular weight is 556 g/mol. The summed E-state index contributed by atoms with van der Waals surface area (Å²) in [6.45, 7) is 3.88. The summed E-state index contributed by atoms with van der Waals surface area (Å²) >= 11 is 2.55. The Balaban J connectivity index is 1.46. The van der Waals surface area contributed by atoms with Crippen LogP contribution in [-0.2, 0) is 9.59 Å². The predicted octanol–water partition coefficient (Wildman–Crippen LogP) is 6.62. The molecule has 0 saturated carbocycles. The van der Waals surface area contributed by atoms with Crippen molar-refractivity contribution in [3.05, 3.63) is 111 Å². The monoisotopic (exact) mass is 555 g/mol. The first-order valence-electron chi connectivity index (χ1n) is 12.1. The molecule has 196 valence electrons. The molecule has 0 radical (unpaired) electrons. The molecule has 2 heterocycles. The van der Waals surface area contributed by atoms with E-state index in [9.17, 15) is 14.4 Å². The minimum Gasteiger partial charge on any atom is -0.495 e. The van der Waals surface area contributed by atoms with Crippen molar-refractivity contribution in [3.8, 4) is 5.75 Å². The van der Waals surface area contributed by atoms with Crippen molar-refractivity contribution < 1.29 is 19.1 Å². The molecule has 5 rings (SSSR count). The van der Waals surface area contributed by atoms with Crippen molar-refractivity contribution in [3.63, 3.8) is 0 Å². The first-order chi connectivity index (χ1) is 18.8. The Labute approximate surface area is 234 Å². The van der Waals surface area contributed by atoms with E-state index in [1.54, 1.807) is 49.6 Å². The quantitative estimate of drug-likeness (QED) is 0.238. The van der Waals surface area contributed by atoms with Gasteiger partial charge in [0.05, 0.1) is 23.4 Å². The second kappa shape index (κ2) is 11.2. The van der Waals surface area contributed by atoms with E-state index in [0.29, 0.717) is 27.7 Å². The molecule has 2 N–H and O–H groups in total. The summed E-state index contributed by atoms with van der Waals surface area (Å²) in [5.41, 5.74) is 3.88. The van der Waals surface area contributed by atoms with Gasteiger partial charge in [-0.25, -0.2) is 4.90 Å². The second-order valence-corrected chi connectivity index (χ2v) is 10.9. The lowest BCUT2D eigenvalue weighted by Gasteiger charge is -2.16.